The van der Waals surface area contributed by atoms with Gasteiger partial charge in [0.1, 0.15) is 0 Å². The average Bonchev–Trinajstić information content (AvgIpc) is 2.19. The van der Waals surface area contributed by atoms with Crippen molar-refractivity contribution in [1.82, 2.24) is 9.66 Å². The lowest BCUT2D eigenvalue weighted by molar-refractivity contribution is 0.842. The van der Waals surface area contributed by atoms with Gasteiger partial charge in [-0.2, -0.15) is 0 Å². The highest BCUT2D eigenvalue weighted by Crippen LogP contribution is 2.02. The summed E-state index contributed by atoms with van der Waals surface area (Å²) in [6.45, 7) is 0. The van der Waals surface area contributed by atoms with Gasteiger partial charge in [0.05, 0.1) is 5.52 Å². The van der Waals surface area contributed by atoms with Crippen LogP contribution < -0.4 is 10.9 Å². The van der Waals surface area contributed by atoms with Gasteiger partial charge in [0, 0.05) is 24.8 Å². The molecule has 0 aromatic carbocycles. The number of hydrogen-bond donors (Lipinski definition) is 2. The van der Waals surface area contributed by atoms with Crippen LogP contribution in [0, 0.1) is 5.41 Å². The predicted octanol–water partition coefficient (Wildman–Crippen LogP) is 0.689. The number of hydrogen-bond acceptors (Lipinski definition) is 3. The van der Waals surface area contributed by atoms with Crippen LogP contribution in [0.5, 0.6) is 0 Å². The minimum absolute atomic E-state index is 0.424. The lowest BCUT2D eigenvalue weighted by atomic mass is 10.3. The van der Waals surface area contributed by atoms with Gasteiger partial charge in [-0.05, 0) is 18.2 Å². The van der Waals surface area contributed by atoms with Crippen LogP contribution in [-0.2, 0) is 0 Å². The zero-order chi connectivity index (χ0) is 9.26. The van der Waals surface area contributed by atoms with Crippen LogP contribution in [0.1, 0.15) is 0 Å². The number of rotatable bonds is 1. The molecule has 0 atom stereocenters. The molecule has 4 heteroatoms. The molecule has 0 unspecified atom stereocenters. The van der Waals surface area contributed by atoms with E-state index in [0.717, 1.165) is 10.9 Å². The Hall–Kier alpha value is -1.84. The molecule has 0 bridgehead atoms. The number of fused-ring (bicyclic) bond motifs is 1. The Bertz CT molecular complexity index is 486. The summed E-state index contributed by atoms with van der Waals surface area (Å²) in [5.74, 6) is 0. The molecule has 0 fully saturated rings. The summed E-state index contributed by atoms with van der Waals surface area (Å²) < 4.78 is 1.64. The number of nitrogens with one attached hydrogen (secondary N) is 2. The van der Waals surface area contributed by atoms with Gasteiger partial charge in [0.15, 0.2) is 5.49 Å². The van der Waals surface area contributed by atoms with Crippen LogP contribution in [0.4, 0.5) is 0 Å². The van der Waals surface area contributed by atoms with Crippen molar-refractivity contribution in [3.05, 3.63) is 36.1 Å². The summed E-state index contributed by atoms with van der Waals surface area (Å²) in [4.78, 5) is 4.16. The summed E-state index contributed by atoms with van der Waals surface area (Å²) in [7, 11) is 1.78. The third-order valence-corrected chi connectivity index (χ3v) is 1.96. The van der Waals surface area contributed by atoms with E-state index in [0.29, 0.717) is 5.49 Å². The number of pyridine rings is 2. The largest absolute Gasteiger partial charge is 0.328 e. The van der Waals surface area contributed by atoms with Crippen LogP contribution in [-0.4, -0.2) is 16.7 Å². The van der Waals surface area contributed by atoms with E-state index < -0.39 is 0 Å². The molecule has 0 saturated carbocycles. The summed E-state index contributed by atoms with van der Waals surface area (Å²) in [6, 6.07) is 5.60. The van der Waals surface area contributed by atoms with Gasteiger partial charge < -0.3 is 5.43 Å². The van der Waals surface area contributed by atoms with E-state index in [9.17, 15) is 0 Å². The lowest BCUT2D eigenvalue weighted by Crippen LogP contribution is -2.25. The zero-order valence-corrected chi connectivity index (χ0v) is 7.28. The third-order valence-electron chi connectivity index (χ3n) is 1.96. The van der Waals surface area contributed by atoms with Crippen molar-refractivity contribution in [2.24, 2.45) is 0 Å². The molecule has 2 aromatic heterocycles. The van der Waals surface area contributed by atoms with Crippen LogP contribution in [0.3, 0.4) is 0 Å². The molecule has 2 aromatic rings. The second-order valence-corrected chi connectivity index (χ2v) is 2.69. The Balaban J connectivity index is 2.87. The molecule has 2 N–H and O–H groups in total. The second kappa shape index (κ2) is 2.90. The van der Waals surface area contributed by atoms with E-state index in [4.69, 9.17) is 5.41 Å². The minimum atomic E-state index is 0.424. The molecular weight excluding hydrogens is 164 g/mol. The van der Waals surface area contributed by atoms with Gasteiger partial charge in [0.2, 0.25) is 0 Å². The molecule has 0 saturated heterocycles. The fraction of sp³-hybridized carbons (Fsp3) is 0.111. The quantitative estimate of drug-likeness (QED) is 0.668. The van der Waals surface area contributed by atoms with E-state index in [1.54, 1.807) is 24.1 Å². The smallest absolute Gasteiger partial charge is 0.152 e. The molecule has 0 aliphatic heterocycles. The highest BCUT2D eigenvalue weighted by molar-refractivity contribution is 5.76. The highest BCUT2D eigenvalue weighted by Gasteiger charge is 1.96. The van der Waals surface area contributed by atoms with Gasteiger partial charge in [-0.3, -0.25) is 10.4 Å². The second-order valence-electron chi connectivity index (χ2n) is 2.69. The first-order valence-electron chi connectivity index (χ1n) is 4.01. The van der Waals surface area contributed by atoms with Crippen molar-refractivity contribution in [3.63, 3.8) is 0 Å². The maximum absolute atomic E-state index is 7.80. The molecule has 0 aliphatic rings. The van der Waals surface area contributed by atoms with Gasteiger partial charge in [-0.25, -0.2) is 4.68 Å². The molecule has 0 spiro atoms. The normalized spacial score (nSPS) is 10.2. The zero-order valence-electron chi connectivity index (χ0n) is 7.28. The van der Waals surface area contributed by atoms with Crippen molar-refractivity contribution in [2.45, 2.75) is 0 Å². The molecule has 4 nitrogen and oxygen atoms in total. The third kappa shape index (κ3) is 1.16. The average molecular weight is 174 g/mol. The van der Waals surface area contributed by atoms with Crippen LogP contribution >= 0.6 is 0 Å². The first-order chi connectivity index (χ1) is 6.33. The van der Waals surface area contributed by atoms with Crippen molar-refractivity contribution in [1.29, 1.82) is 5.41 Å². The van der Waals surface area contributed by atoms with E-state index in [2.05, 4.69) is 10.4 Å². The molecule has 2 heterocycles. The Morgan fingerprint density at radius 2 is 2.31 bits per heavy atom. The summed E-state index contributed by atoms with van der Waals surface area (Å²) in [6.07, 6.45) is 3.52. The van der Waals surface area contributed by atoms with E-state index in [1.807, 2.05) is 18.2 Å². The van der Waals surface area contributed by atoms with Gasteiger partial charge in [0.25, 0.3) is 0 Å². The number of aromatic nitrogens is 2. The topological polar surface area (TPSA) is 53.7 Å². The SMILES string of the molecule is CNn1ccc2ncccc2c1=N. The van der Waals surface area contributed by atoms with Gasteiger partial charge in [-0.1, -0.05) is 0 Å². The van der Waals surface area contributed by atoms with Crippen molar-refractivity contribution < 1.29 is 0 Å². The predicted molar refractivity (Wildman–Crippen MR) is 50.9 cm³/mol. The maximum Gasteiger partial charge on any atom is 0.152 e. The Morgan fingerprint density at radius 3 is 3.08 bits per heavy atom. The van der Waals surface area contributed by atoms with Crippen molar-refractivity contribution in [2.75, 3.05) is 12.5 Å². The maximum atomic E-state index is 7.80. The van der Waals surface area contributed by atoms with Gasteiger partial charge in [-0.15, -0.1) is 0 Å². The lowest BCUT2D eigenvalue weighted by Gasteiger charge is -2.06. The summed E-state index contributed by atoms with van der Waals surface area (Å²) in [5.41, 5.74) is 4.16. The van der Waals surface area contributed by atoms with E-state index in [1.165, 1.54) is 0 Å². The van der Waals surface area contributed by atoms with Crippen LogP contribution in [0.2, 0.25) is 0 Å². The molecule has 13 heavy (non-hydrogen) atoms. The molecule has 2 rings (SSSR count). The van der Waals surface area contributed by atoms with Crippen molar-refractivity contribution in [3.8, 4) is 0 Å². The Labute approximate surface area is 75.3 Å². The first kappa shape index (κ1) is 7.79. The van der Waals surface area contributed by atoms with E-state index >= 15 is 0 Å². The Kier molecular flexibility index (Phi) is 1.73. The standard InChI is InChI=1S/C9H10N4/c1-11-13-6-4-8-7(9(13)10)3-2-5-12-8/h2-6,10-11H,1H3. The molecular formula is C9H10N4. The molecule has 0 amide bonds. The van der Waals surface area contributed by atoms with Crippen molar-refractivity contribution >= 4 is 10.9 Å². The summed E-state index contributed by atoms with van der Waals surface area (Å²) >= 11 is 0. The monoisotopic (exact) mass is 174 g/mol. The molecule has 66 valence electrons. The molecule has 0 radical (unpaired) electrons. The van der Waals surface area contributed by atoms with Crippen LogP contribution in [0.15, 0.2) is 30.6 Å². The number of nitrogens with zero attached hydrogens (tertiary/aromatic N) is 2. The fourth-order valence-corrected chi connectivity index (χ4v) is 1.29. The summed E-state index contributed by atoms with van der Waals surface area (Å²) in [5, 5.41) is 8.65. The first-order valence-corrected chi connectivity index (χ1v) is 4.01. The highest BCUT2D eigenvalue weighted by atomic mass is 15.4. The minimum Gasteiger partial charge on any atom is -0.328 e. The van der Waals surface area contributed by atoms with E-state index in [-0.39, 0.29) is 0 Å². The van der Waals surface area contributed by atoms with Gasteiger partial charge >= 0.3 is 0 Å². The molecule has 0 aliphatic carbocycles. The fourth-order valence-electron chi connectivity index (χ4n) is 1.29. The Morgan fingerprint density at radius 1 is 1.46 bits per heavy atom. The van der Waals surface area contributed by atoms with Crippen LogP contribution in [0.25, 0.3) is 10.9 Å².